The molecule has 0 aliphatic heterocycles. The third-order valence-electron chi connectivity index (χ3n) is 3.24. The lowest BCUT2D eigenvalue weighted by Gasteiger charge is -2.12. The molecule has 0 unspecified atom stereocenters. The van der Waals surface area contributed by atoms with Gasteiger partial charge in [0.25, 0.3) is 5.69 Å². The second-order valence-corrected chi connectivity index (χ2v) is 6.50. The minimum atomic E-state index is -3.53. The van der Waals surface area contributed by atoms with E-state index in [1.807, 2.05) is 0 Å². The van der Waals surface area contributed by atoms with Crippen molar-refractivity contribution in [1.29, 1.82) is 0 Å². The predicted molar refractivity (Wildman–Crippen MR) is 71.1 cm³/mol. The fraction of sp³-hybridized carbons (Fsp3) is 0.500. The highest BCUT2D eigenvalue weighted by molar-refractivity contribution is 7.88. The van der Waals surface area contributed by atoms with Gasteiger partial charge in [0.05, 0.1) is 10.7 Å². The van der Waals surface area contributed by atoms with Crippen LogP contribution in [0.2, 0.25) is 0 Å². The third kappa shape index (κ3) is 3.74. The third-order valence-corrected chi connectivity index (χ3v) is 4.62. The van der Waals surface area contributed by atoms with E-state index < -0.39 is 14.9 Å². The highest BCUT2D eigenvalue weighted by Gasteiger charge is 2.24. The maximum absolute atomic E-state index is 12.0. The highest BCUT2D eigenvalue weighted by atomic mass is 32.2. The maximum atomic E-state index is 12.0. The maximum Gasteiger partial charge on any atom is 0.273 e. The van der Waals surface area contributed by atoms with Gasteiger partial charge in [0.1, 0.15) is 0 Å². The number of hydrogen-bond acceptors (Lipinski definition) is 4. The average Bonchev–Trinajstić information content (AvgIpc) is 2.80. The Balaban J connectivity index is 2.13. The molecule has 0 spiro atoms. The standard InChI is InChI=1S/C12H16N2O4S/c15-14(16)12-8-4-1-5-10(12)9-19(17,18)13-11-6-2-3-7-11/h1,4-5,8,11,13H,2-3,6-7,9H2. The van der Waals surface area contributed by atoms with Crippen LogP contribution in [0, 0.1) is 10.1 Å². The van der Waals surface area contributed by atoms with Crippen molar-refractivity contribution in [3.8, 4) is 0 Å². The molecule has 1 aliphatic rings. The molecule has 0 heterocycles. The molecule has 0 atom stereocenters. The molecule has 1 N–H and O–H groups in total. The predicted octanol–water partition coefficient (Wildman–Crippen LogP) is 1.96. The molecule has 104 valence electrons. The van der Waals surface area contributed by atoms with Crippen LogP contribution in [0.4, 0.5) is 5.69 Å². The molecule has 7 heteroatoms. The fourth-order valence-corrected chi connectivity index (χ4v) is 3.84. The molecule has 0 aromatic heterocycles. The number of nitro benzene ring substituents is 1. The van der Waals surface area contributed by atoms with E-state index in [9.17, 15) is 18.5 Å². The number of nitro groups is 1. The van der Waals surface area contributed by atoms with Crippen LogP contribution in [0.1, 0.15) is 31.2 Å². The average molecular weight is 284 g/mol. The molecule has 1 aliphatic carbocycles. The summed E-state index contributed by atoms with van der Waals surface area (Å²) in [5.41, 5.74) is 0.0669. The van der Waals surface area contributed by atoms with Gasteiger partial charge in [-0.05, 0) is 12.8 Å². The summed E-state index contributed by atoms with van der Waals surface area (Å²) in [6.45, 7) is 0. The first-order valence-corrected chi connectivity index (χ1v) is 7.85. The molecular weight excluding hydrogens is 268 g/mol. The van der Waals surface area contributed by atoms with Gasteiger partial charge >= 0.3 is 0 Å². The van der Waals surface area contributed by atoms with E-state index in [1.165, 1.54) is 18.2 Å². The van der Waals surface area contributed by atoms with E-state index in [0.29, 0.717) is 0 Å². The highest BCUT2D eigenvalue weighted by Crippen LogP contribution is 2.22. The van der Waals surface area contributed by atoms with Crippen LogP contribution < -0.4 is 4.72 Å². The summed E-state index contributed by atoms with van der Waals surface area (Å²) in [4.78, 5) is 10.3. The van der Waals surface area contributed by atoms with Gasteiger partial charge in [-0.1, -0.05) is 31.0 Å². The quantitative estimate of drug-likeness (QED) is 0.661. The summed E-state index contributed by atoms with van der Waals surface area (Å²) < 4.78 is 26.6. The smallest absolute Gasteiger partial charge is 0.258 e. The molecule has 2 rings (SSSR count). The van der Waals surface area contributed by atoms with E-state index in [0.717, 1.165) is 25.7 Å². The Kier molecular flexibility index (Phi) is 4.16. The summed E-state index contributed by atoms with van der Waals surface area (Å²) in [6.07, 6.45) is 3.74. The van der Waals surface area contributed by atoms with Gasteiger partial charge in [-0.15, -0.1) is 0 Å². The molecule has 1 saturated carbocycles. The first kappa shape index (κ1) is 14.0. The lowest BCUT2D eigenvalue weighted by molar-refractivity contribution is -0.385. The summed E-state index contributed by atoms with van der Waals surface area (Å²) >= 11 is 0. The Hall–Kier alpha value is -1.47. The Morgan fingerprint density at radius 2 is 1.89 bits per heavy atom. The SMILES string of the molecule is O=[N+]([O-])c1ccccc1CS(=O)(=O)NC1CCCC1. The van der Waals surface area contributed by atoms with E-state index >= 15 is 0 Å². The number of hydrogen-bond donors (Lipinski definition) is 1. The molecule has 0 saturated heterocycles. The molecule has 0 bridgehead atoms. The first-order chi connectivity index (χ1) is 8.98. The van der Waals surface area contributed by atoms with Crippen molar-refractivity contribution in [1.82, 2.24) is 4.72 Å². The number of nitrogens with zero attached hydrogens (tertiary/aromatic N) is 1. The normalized spacial score (nSPS) is 16.6. The van der Waals surface area contributed by atoms with E-state index in [2.05, 4.69) is 4.72 Å². The minimum Gasteiger partial charge on any atom is -0.258 e. The Morgan fingerprint density at radius 1 is 1.26 bits per heavy atom. The van der Waals surface area contributed by atoms with Crippen molar-refractivity contribution in [2.24, 2.45) is 0 Å². The summed E-state index contributed by atoms with van der Waals surface area (Å²) in [6, 6.07) is 5.91. The van der Waals surface area contributed by atoms with Gasteiger partial charge in [-0.25, -0.2) is 13.1 Å². The van der Waals surface area contributed by atoms with Crippen LogP contribution in [-0.2, 0) is 15.8 Å². The Bertz CT molecular complexity index is 565. The zero-order valence-corrected chi connectivity index (χ0v) is 11.2. The molecule has 0 radical (unpaired) electrons. The molecule has 0 amide bonds. The first-order valence-electron chi connectivity index (χ1n) is 6.20. The zero-order valence-electron chi connectivity index (χ0n) is 10.4. The molecule has 1 aromatic rings. The van der Waals surface area contributed by atoms with Crippen molar-refractivity contribution in [2.45, 2.75) is 37.5 Å². The second-order valence-electron chi connectivity index (χ2n) is 4.74. The summed E-state index contributed by atoms with van der Waals surface area (Å²) in [7, 11) is -3.53. The number of benzene rings is 1. The monoisotopic (exact) mass is 284 g/mol. The fourth-order valence-electron chi connectivity index (χ4n) is 2.35. The Labute approximate surface area is 112 Å². The van der Waals surface area contributed by atoms with Gasteiger partial charge in [0, 0.05) is 17.7 Å². The number of nitrogens with one attached hydrogen (secondary N) is 1. The summed E-state index contributed by atoms with van der Waals surface area (Å²) in [5, 5.41) is 10.8. The van der Waals surface area contributed by atoms with Crippen molar-refractivity contribution in [2.75, 3.05) is 0 Å². The molecular formula is C12H16N2O4S. The van der Waals surface area contributed by atoms with Gasteiger partial charge in [0.15, 0.2) is 0 Å². The van der Waals surface area contributed by atoms with Crippen molar-refractivity contribution in [3.63, 3.8) is 0 Å². The van der Waals surface area contributed by atoms with Crippen LogP contribution in [0.5, 0.6) is 0 Å². The zero-order chi connectivity index (χ0) is 13.9. The van der Waals surface area contributed by atoms with Gasteiger partial charge in [0.2, 0.25) is 10.0 Å². The van der Waals surface area contributed by atoms with E-state index in [1.54, 1.807) is 6.07 Å². The van der Waals surface area contributed by atoms with Crippen molar-refractivity contribution in [3.05, 3.63) is 39.9 Å². The van der Waals surface area contributed by atoms with Gasteiger partial charge in [-0.3, -0.25) is 10.1 Å². The van der Waals surface area contributed by atoms with Gasteiger partial charge in [-0.2, -0.15) is 0 Å². The largest absolute Gasteiger partial charge is 0.273 e. The Morgan fingerprint density at radius 3 is 2.53 bits per heavy atom. The van der Waals surface area contributed by atoms with Crippen LogP contribution in [0.25, 0.3) is 0 Å². The lowest BCUT2D eigenvalue weighted by Crippen LogP contribution is -2.33. The van der Waals surface area contributed by atoms with Crippen LogP contribution in [-0.4, -0.2) is 19.4 Å². The van der Waals surface area contributed by atoms with Gasteiger partial charge < -0.3 is 0 Å². The van der Waals surface area contributed by atoms with Crippen LogP contribution in [0.15, 0.2) is 24.3 Å². The second kappa shape index (κ2) is 5.66. The van der Waals surface area contributed by atoms with E-state index in [4.69, 9.17) is 0 Å². The van der Waals surface area contributed by atoms with E-state index in [-0.39, 0.29) is 23.0 Å². The van der Waals surface area contributed by atoms with Crippen molar-refractivity contribution < 1.29 is 13.3 Å². The molecule has 19 heavy (non-hydrogen) atoms. The molecule has 6 nitrogen and oxygen atoms in total. The van der Waals surface area contributed by atoms with Crippen LogP contribution in [0.3, 0.4) is 0 Å². The lowest BCUT2D eigenvalue weighted by atomic mass is 10.2. The minimum absolute atomic E-state index is 0.0206. The molecule has 1 aromatic carbocycles. The van der Waals surface area contributed by atoms with Crippen LogP contribution >= 0.6 is 0 Å². The number of rotatable bonds is 5. The number of sulfonamides is 1. The summed E-state index contributed by atoms with van der Waals surface area (Å²) in [5.74, 6) is -0.347. The molecule has 1 fully saturated rings. The number of para-hydroxylation sites is 1. The van der Waals surface area contributed by atoms with Crippen molar-refractivity contribution >= 4 is 15.7 Å². The topological polar surface area (TPSA) is 89.3 Å².